The molecule has 1 aliphatic carbocycles. The molecule has 1 aliphatic heterocycles. The second-order valence-corrected chi connectivity index (χ2v) is 8.93. The molecule has 11 heteroatoms. The zero-order valence-electron chi connectivity index (χ0n) is 18.9. The van der Waals surface area contributed by atoms with Gasteiger partial charge in [0.05, 0.1) is 30.1 Å². The number of pyridine rings is 2. The third-order valence-corrected chi connectivity index (χ3v) is 6.27. The fraction of sp³-hybridized carbons (Fsp3) is 0.375. The van der Waals surface area contributed by atoms with Crippen molar-refractivity contribution < 1.29 is 17.9 Å². The van der Waals surface area contributed by atoms with Crippen LogP contribution in [0.15, 0.2) is 43.0 Å². The summed E-state index contributed by atoms with van der Waals surface area (Å²) < 4.78 is 47.1. The van der Waals surface area contributed by atoms with Crippen LogP contribution < -0.4 is 4.90 Å². The molecule has 180 valence electrons. The van der Waals surface area contributed by atoms with Crippen molar-refractivity contribution >= 4 is 16.9 Å². The molecule has 4 aromatic heterocycles. The highest BCUT2D eigenvalue weighted by atomic mass is 19.4. The minimum atomic E-state index is -4.51. The van der Waals surface area contributed by atoms with E-state index in [9.17, 15) is 13.2 Å². The Morgan fingerprint density at radius 2 is 1.91 bits per heavy atom. The SMILES string of the molecule is Cc1cnc2c(-c3ccc(C(F)(F)F)nc3)nc(N3CCO[C@H](c4cnn(C5CC5)c4)C3)cc2n1. The van der Waals surface area contributed by atoms with Crippen LogP contribution in [-0.4, -0.2) is 49.4 Å². The number of morpholine rings is 1. The average molecular weight is 481 g/mol. The molecule has 0 unspecified atom stereocenters. The van der Waals surface area contributed by atoms with Gasteiger partial charge in [0.15, 0.2) is 0 Å². The van der Waals surface area contributed by atoms with Crippen LogP contribution in [0.25, 0.3) is 22.3 Å². The first-order valence-corrected chi connectivity index (χ1v) is 11.4. The van der Waals surface area contributed by atoms with E-state index in [0.29, 0.717) is 53.8 Å². The Kier molecular flexibility index (Phi) is 5.17. The molecule has 2 fully saturated rings. The van der Waals surface area contributed by atoms with E-state index in [1.54, 1.807) is 6.20 Å². The van der Waals surface area contributed by atoms with Crippen molar-refractivity contribution in [3.63, 3.8) is 0 Å². The summed E-state index contributed by atoms with van der Waals surface area (Å²) in [4.78, 5) is 19.6. The molecule has 0 aromatic carbocycles. The van der Waals surface area contributed by atoms with Crippen molar-refractivity contribution in [3.8, 4) is 11.3 Å². The summed E-state index contributed by atoms with van der Waals surface area (Å²) in [5.74, 6) is 0.662. The number of aryl methyl sites for hydroxylation is 1. The second kappa shape index (κ2) is 8.26. The van der Waals surface area contributed by atoms with Crippen LogP contribution in [0.1, 0.15) is 41.9 Å². The number of hydrogen-bond acceptors (Lipinski definition) is 7. The highest BCUT2D eigenvalue weighted by Crippen LogP contribution is 2.36. The van der Waals surface area contributed by atoms with Gasteiger partial charge in [-0.2, -0.15) is 18.3 Å². The largest absolute Gasteiger partial charge is 0.433 e. The molecule has 2 aliphatic rings. The van der Waals surface area contributed by atoms with E-state index in [1.165, 1.54) is 12.3 Å². The van der Waals surface area contributed by atoms with E-state index >= 15 is 0 Å². The molecule has 0 N–H and O–H groups in total. The number of anilines is 1. The summed E-state index contributed by atoms with van der Waals surface area (Å²) in [5.41, 5.74) is 2.82. The minimum absolute atomic E-state index is 0.159. The van der Waals surface area contributed by atoms with Gasteiger partial charge < -0.3 is 9.64 Å². The molecule has 0 spiro atoms. The summed E-state index contributed by atoms with van der Waals surface area (Å²) in [6.45, 7) is 3.54. The lowest BCUT2D eigenvalue weighted by Crippen LogP contribution is -2.38. The van der Waals surface area contributed by atoms with Gasteiger partial charge in [0.1, 0.15) is 28.8 Å². The van der Waals surface area contributed by atoms with E-state index in [4.69, 9.17) is 9.72 Å². The fourth-order valence-corrected chi connectivity index (χ4v) is 4.28. The fourth-order valence-electron chi connectivity index (χ4n) is 4.28. The lowest BCUT2D eigenvalue weighted by Gasteiger charge is -2.33. The summed E-state index contributed by atoms with van der Waals surface area (Å²) in [6, 6.07) is 4.69. The van der Waals surface area contributed by atoms with Gasteiger partial charge in [0.2, 0.25) is 0 Å². The van der Waals surface area contributed by atoms with E-state index in [0.717, 1.165) is 30.2 Å². The number of nitrogens with zero attached hydrogens (tertiary/aromatic N) is 7. The standard InChI is InChI=1S/C24H22F3N7O/c1-14-9-29-23-18(31-14)8-21(32-22(23)15-2-5-20(28-10-15)24(25,26)27)33-6-7-35-19(13-33)16-11-30-34(12-16)17-3-4-17/h2,5,8-12,17,19H,3-4,6-7,13H2,1H3/t19-/m0/s1. The molecule has 1 saturated heterocycles. The van der Waals surface area contributed by atoms with Crippen molar-refractivity contribution in [3.05, 3.63) is 59.9 Å². The molecular weight excluding hydrogens is 459 g/mol. The van der Waals surface area contributed by atoms with Crippen molar-refractivity contribution in [2.75, 3.05) is 24.6 Å². The number of hydrogen-bond donors (Lipinski definition) is 0. The molecule has 1 saturated carbocycles. The first kappa shape index (κ1) is 21.9. The van der Waals surface area contributed by atoms with E-state index in [-0.39, 0.29) is 6.10 Å². The third-order valence-electron chi connectivity index (χ3n) is 6.27. The number of alkyl halides is 3. The quantitative estimate of drug-likeness (QED) is 0.424. The van der Waals surface area contributed by atoms with Crippen molar-refractivity contribution in [2.45, 2.75) is 38.1 Å². The minimum Gasteiger partial charge on any atom is -0.370 e. The summed E-state index contributed by atoms with van der Waals surface area (Å²) in [7, 11) is 0. The molecule has 6 rings (SSSR count). The first-order chi connectivity index (χ1) is 16.8. The van der Waals surface area contributed by atoms with Crippen molar-refractivity contribution in [2.24, 2.45) is 0 Å². The molecule has 5 heterocycles. The van der Waals surface area contributed by atoms with Gasteiger partial charge in [0.25, 0.3) is 0 Å². The van der Waals surface area contributed by atoms with Crippen LogP contribution in [-0.2, 0) is 10.9 Å². The van der Waals surface area contributed by atoms with Crippen LogP contribution in [0.3, 0.4) is 0 Å². The molecule has 35 heavy (non-hydrogen) atoms. The molecule has 8 nitrogen and oxygen atoms in total. The number of fused-ring (bicyclic) bond motifs is 1. The normalized spacial score (nSPS) is 18.9. The Morgan fingerprint density at radius 3 is 2.66 bits per heavy atom. The van der Waals surface area contributed by atoms with Gasteiger partial charge in [-0.1, -0.05) is 0 Å². The Hall–Kier alpha value is -3.60. The highest BCUT2D eigenvalue weighted by Gasteiger charge is 2.32. The maximum atomic E-state index is 13.0. The molecule has 1 atom stereocenters. The molecular formula is C24H22F3N7O. The Bertz CT molecular complexity index is 1380. The van der Waals surface area contributed by atoms with Crippen LogP contribution in [0.4, 0.5) is 19.0 Å². The van der Waals surface area contributed by atoms with Crippen LogP contribution >= 0.6 is 0 Å². The highest BCUT2D eigenvalue weighted by molar-refractivity contribution is 5.91. The van der Waals surface area contributed by atoms with Gasteiger partial charge >= 0.3 is 6.18 Å². The van der Waals surface area contributed by atoms with Gasteiger partial charge in [-0.05, 0) is 31.9 Å². The summed E-state index contributed by atoms with van der Waals surface area (Å²) in [5, 5.41) is 4.48. The maximum Gasteiger partial charge on any atom is 0.433 e. The predicted octanol–water partition coefficient (Wildman–Crippen LogP) is 4.52. The predicted molar refractivity (Wildman–Crippen MR) is 122 cm³/mol. The topological polar surface area (TPSA) is 81.9 Å². The molecule has 0 bridgehead atoms. The zero-order valence-corrected chi connectivity index (χ0v) is 18.9. The molecule has 0 amide bonds. The van der Waals surface area contributed by atoms with Crippen LogP contribution in [0.5, 0.6) is 0 Å². The lowest BCUT2D eigenvalue weighted by atomic mass is 10.1. The van der Waals surface area contributed by atoms with Crippen LogP contribution in [0.2, 0.25) is 0 Å². The summed E-state index contributed by atoms with van der Waals surface area (Å²) >= 11 is 0. The number of halogens is 3. The number of aromatic nitrogens is 6. The van der Waals surface area contributed by atoms with Crippen LogP contribution in [0, 0.1) is 6.92 Å². The van der Waals surface area contributed by atoms with Gasteiger partial charge in [0, 0.05) is 48.9 Å². The molecule has 0 radical (unpaired) electrons. The zero-order chi connectivity index (χ0) is 24.2. The maximum absolute atomic E-state index is 13.0. The smallest absolute Gasteiger partial charge is 0.370 e. The van der Waals surface area contributed by atoms with Crippen molar-refractivity contribution in [1.29, 1.82) is 0 Å². The third kappa shape index (κ3) is 4.31. The summed E-state index contributed by atoms with van der Waals surface area (Å²) in [6.07, 6.45) is 4.35. The monoisotopic (exact) mass is 481 g/mol. The van der Waals surface area contributed by atoms with E-state index < -0.39 is 11.9 Å². The Labute approximate surface area is 198 Å². The van der Waals surface area contributed by atoms with E-state index in [2.05, 4.69) is 25.0 Å². The Morgan fingerprint density at radius 1 is 1.06 bits per heavy atom. The molecule has 4 aromatic rings. The number of rotatable bonds is 4. The average Bonchev–Trinajstić information content (AvgIpc) is 3.59. The van der Waals surface area contributed by atoms with Gasteiger partial charge in [-0.15, -0.1) is 0 Å². The van der Waals surface area contributed by atoms with E-state index in [1.807, 2.05) is 30.1 Å². The van der Waals surface area contributed by atoms with Gasteiger partial charge in [-0.3, -0.25) is 14.6 Å². The second-order valence-electron chi connectivity index (χ2n) is 8.93. The first-order valence-electron chi connectivity index (χ1n) is 11.4. The lowest BCUT2D eigenvalue weighted by molar-refractivity contribution is -0.141. The van der Waals surface area contributed by atoms with Crippen molar-refractivity contribution in [1.82, 2.24) is 29.7 Å². The Balaban J connectivity index is 1.36. The van der Waals surface area contributed by atoms with Gasteiger partial charge in [-0.25, -0.2) is 9.97 Å². The number of ether oxygens (including phenoxy) is 1.